The summed E-state index contributed by atoms with van der Waals surface area (Å²) in [6, 6.07) is 15.7. The number of carbonyl (C=O) groups excluding carboxylic acids is 2. The Morgan fingerprint density at radius 1 is 1.11 bits per heavy atom. The van der Waals surface area contributed by atoms with Crippen molar-refractivity contribution in [2.24, 2.45) is 0 Å². The van der Waals surface area contributed by atoms with Gasteiger partial charge in [-0.25, -0.2) is 0 Å². The van der Waals surface area contributed by atoms with Gasteiger partial charge in [-0.05, 0) is 19.1 Å². The number of ether oxygens (including phenoxy) is 1. The maximum atomic E-state index is 12.1. The molecule has 0 radical (unpaired) electrons. The summed E-state index contributed by atoms with van der Waals surface area (Å²) in [5.74, 6) is 0.429. The highest BCUT2D eigenvalue weighted by atomic mass is 16.5. The van der Waals surface area contributed by atoms with E-state index in [4.69, 9.17) is 4.74 Å². The molecule has 0 heterocycles. The Bertz CT molecular complexity index is 576. The highest BCUT2D eigenvalue weighted by molar-refractivity contribution is 5.99. The third-order valence-corrected chi connectivity index (χ3v) is 2.73. The van der Waals surface area contributed by atoms with Crippen LogP contribution in [0, 0.1) is 0 Å². The highest BCUT2D eigenvalue weighted by Gasteiger charge is 2.16. The number of aldehydes is 1. The lowest BCUT2D eigenvalue weighted by atomic mass is 10.1. The van der Waals surface area contributed by atoms with Crippen LogP contribution >= 0.6 is 0 Å². The van der Waals surface area contributed by atoms with Crippen LogP contribution in [0.4, 0.5) is 0 Å². The van der Waals surface area contributed by atoms with Gasteiger partial charge in [0.05, 0.1) is 0 Å². The number of hydrogen-bond acceptors (Lipinski definition) is 3. The normalized spacial score (nSPS) is 11.6. The lowest BCUT2D eigenvalue weighted by Crippen LogP contribution is -2.23. The zero-order chi connectivity index (χ0) is 13.7. The summed E-state index contributed by atoms with van der Waals surface area (Å²) in [5.41, 5.74) is 1.14. The molecule has 96 valence electrons. The van der Waals surface area contributed by atoms with E-state index in [1.54, 1.807) is 43.3 Å². The molecular weight excluding hydrogens is 240 g/mol. The molecule has 0 unspecified atom stereocenters. The Hall–Kier alpha value is -2.42. The van der Waals surface area contributed by atoms with Crippen molar-refractivity contribution in [3.8, 4) is 5.75 Å². The van der Waals surface area contributed by atoms with Gasteiger partial charge >= 0.3 is 0 Å². The van der Waals surface area contributed by atoms with Gasteiger partial charge < -0.3 is 4.74 Å². The van der Waals surface area contributed by atoms with E-state index in [-0.39, 0.29) is 5.78 Å². The average Bonchev–Trinajstić information content (AvgIpc) is 2.47. The molecule has 0 aliphatic rings. The van der Waals surface area contributed by atoms with E-state index in [0.29, 0.717) is 16.9 Å². The summed E-state index contributed by atoms with van der Waals surface area (Å²) < 4.78 is 5.56. The van der Waals surface area contributed by atoms with Crippen LogP contribution < -0.4 is 4.74 Å². The van der Waals surface area contributed by atoms with Gasteiger partial charge in [0.25, 0.3) is 0 Å². The van der Waals surface area contributed by atoms with Crippen molar-refractivity contribution in [1.82, 2.24) is 0 Å². The van der Waals surface area contributed by atoms with Crippen LogP contribution in [0.5, 0.6) is 5.75 Å². The van der Waals surface area contributed by atoms with E-state index in [9.17, 15) is 9.59 Å². The largest absolute Gasteiger partial charge is 0.483 e. The maximum Gasteiger partial charge on any atom is 0.202 e. The summed E-state index contributed by atoms with van der Waals surface area (Å²) in [6.45, 7) is 1.70. The second-order valence-electron chi connectivity index (χ2n) is 4.18. The Kier molecular flexibility index (Phi) is 4.08. The standard InChI is InChI=1S/C16H14O3/c1-12(16(18)14-7-3-2-4-8-14)19-15-9-5-6-13(10-15)11-17/h2-12H,1H3/t12-/m1/s1. The first-order valence-electron chi connectivity index (χ1n) is 6.02. The van der Waals surface area contributed by atoms with Crippen molar-refractivity contribution in [3.63, 3.8) is 0 Å². The first-order chi connectivity index (χ1) is 9.20. The van der Waals surface area contributed by atoms with Crippen LogP contribution in [0.1, 0.15) is 27.6 Å². The molecule has 2 aromatic rings. The number of ketones is 1. The molecule has 2 aromatic carbocycles. The van der Waals surface area contributed by atoms with E-state index >= 15 is 0 Å². The van der Waals surface area contributed by atoms with Crippen LogP contribution in [-0.4, -0.2) is 18.2 Å². The zero-order valence-corrected chi connectivity index (χ0v) is 10.6. The summed E-state index contributed by atoms with van der Waals surface area (Å²) >= 11 is 0. The third-order valence-electron chi connectivity index (χ3n) is 2.73. The van der Waals surface area contributed by atoms with E-state index in [1.165, 1.54) is 0 Å². The van der Waals surface area contributed by atoms with Crippen molar-refractivity contribution in [3.05, 3.63) is 65.7 Å². The molecule has 1 atom stereocenters. The van der Waals surface area contributed by atoms with Gasteiger partial charge in [-0.3, -0.25) is 9.59 Å². The van der Waals surface area contributed by atoms with Crippen molar-refractivity contribution in [2.75, 3.05) is 0 Å². The second kappa shape index (κ2) is 5.96. The summed E-state index contributed by atoms with van der Waals surface area (Å²) in [4.78, 5) is 22.8. The van der Waals surface area contributed by atoms with Crippen molar-refractivity contribution in [1.29, 1.82) is 0 Å². The van der Waals surface area contributed by atoms with E-state index in [0.717, 1.165) is 6.29 Å². The Balaban J connectivity index is 2.10. The van der Waals surface area contributed by atoms with Crippen molar-refractivity contribution >= 4 is 12.1 Å². The predicted molar refractivity (Wildman–Crippen MR) is 72.7 cm³/mol. The molecule has 0 aromatic heterocycles. The Morgan fingerprint density at radius 2 is 1.84 bits per heavy atom. The topological polar surface area (TPSA) is 43.4 Å². The SMILES string of the molecule is C[C@@H](Oc1cccc(C=O)c1)C(=O)c1ccccc1. The fourth-order valence-electron chi connectivity index (χ4n) is 1.76. The van der Waals surface area contributed by atoms with Crippen molar-refractivity contribution < 1.29 is 14.3 Å². The van der Waals surface area contributed by atoms with Crippen LogP contribution in [0.15, 0.2) is 54.6 Å². The van der Waals surface area contributed by atoms with Crippen LogP contribution in [-0.2, 0) is 0 Å². The van der Waals surface area contributed by atoms with Crippen molar-refractivity contribution in [2.45, 2.75) is 13.0 Å². The molecule has 2 rings (SSSR count). The van der Waals surface area contributed by atoms with Crippen LogP contribution in [0.2, 0.25) is 0 Å². The molecule has 0 N–H and O–H groups in total. The fourth-order valence-corrected chi connectivity index (χ4v) is 1.76. The predicted octanol–water partition coefficient (Wildman–Crippen LogP) is 3.15. The molecular formula is C16H14O3. The summed E-state index contributed by atoms with van der Waals surface area (Å²) in [6.07, 6.45) is 0.153. The molecule has 3 nitrogen and oxygen atoms in total. The molecule has 0 amide bonds. The van der Waals surface area contributed by atoms with Gasteiger partial charge in [-0.2, -0.15) is 0 Å². The number of carbonyl (C=O) groups is 2. The van der Waals surface area contributed by atoms with Gasteiger partial charge in [-0.15, -0.1) is 0 Å². The molecule has 0 aliphatic carbocycles. The highest BCUT2D eigenvalue weighted by Crippen LogP contribution is 2.15. The summed E-state index contributed by atoms with van der Waals surface area (Å²) in [5, 5.41) is 0. The minimum Gasteiger partial charge on any atom is -0.483 e. The maximum absolute atomic E-state index is 12.1. The molecule has 0 saturated carbocycles. The number of benzene rings is 2. The molecule has 0 spiro atoms. The monoisotopic (exact) mass is 254 g/mol. The Morgan fingerprint density at radius 3 is 2.53 bits per heavy atom. The van der Waals surface area contributed by atoms with Gasteiger partial charge in [0, 0.05) is 11.1 Å². The average molecular weight is 254 g/mol. The third kappa shape index (κ3) is 3.28. The molecule has 0 aliphatic heterocycles. The van der Waals surface area contributed by atoms with E-state index < -0.39 is 6.10 Å². The number of Topliss-reactive ketones (excluding diaryl/α,β-unsaturated/α-hetero) is 1. The molecule has 0 bridgehead atoms. The molecule has 3 heteroatoms. The summed E-state index contributed by atoms with van der Waals surface area (Å²) in [7, 11) is 0. The smallest absolute Gasteiger partial charge is 0.202 e. The minimum atomic E-state index is -0.593. The molecule has 19 heavy (non-hydrogen) atoms. The van der Waals surface area contributed by atoms with E-state index in [1.807, 2.05) is 18.2 Å². The van der Waals surface area contributed by atoms with Crippen LogP contribution in [0.25, 0.3) is 0 Å². The zero-order valence-electron chi connectivity index (χ0n) is 10.6. The quantitative estimate of drug-likeness (QED) is 0.608. The lowest BCUT2D eigenvalue weighted by Gasteiger charge is -2.13. The Labute approximate surface area is 111 Å². The van der Waals surface area contributed by atoms with Crippen LogP contribution in [0.3, 0.4) is 0 Å². The van der Waals surface area contributed by atoms with Gasteiger partial charge in [-0.1, -0.05) is 42.5 Å². The van der Waals surface area contributed by atoms with E-state index in [2.05, 4.69) is 0 Å². The number of hydrogen-bond donors (Lipinski definition) is 0. The van der Waals surface area contributed by atoms with Gasteiger partial charge in [0.1, 0.15) is 12.0 Å². The molecule has 0 saturated heterocycles. The molecule has 0 fully saturated rings. The number of rotatable bonds is 5. The first-order valence-corrected chi connectivity index (χ1v) is 6.02. The minimum absolute atomic E-state index is 0.0860. The van der Waals surface area contributed by atoms with Gasteiger partial charge in [0.2, 0.25) is 5.78 Å². The lowest BCUT2D eigenvalue weighted by molar-refractivity contribution is 0.0818. The first kappa shape index (κ1) is 13.0. The second-order valence-corrected chi connectivity index (χ2v) is 4.18. The van der Waals surface area contributed by atoms with Gasteiger partial charge in [0.15, 0.2) is 6.10 Å². The fraction of sp³-hybridized carbons (Fsp3) is 0.125.